The molecule has 1 heterocycles. The summed E-state index contributed by atoms with van der Waals surface area (Å²) >= 11 is 0. The van der Waals surface area contributed by atoms with Crippen molar-refractivity contribution in [1.29, 1.82) is 0 Å². The Morgan fingerprint density at radius 2 is 1.95 bits per heavy atom. The quantitative estimate of drug-likeness (QED) is 0.914. The maximum atomic E-state index is 14.0. The first-order valence-electron chi connectivity index (χ1n) is 6.87. The van der Waals surface area contributed by atoms with Crippen LogP contribution in [0.3, 0.4) is 0 Å². The molecular weight excluding hydrogens is 260 g/mol. The van der Waals surface area contributed by atoms with Gasteiger partial charge in [0.1, 0.15) is 11.5 Å². The number of nitrogens with two attached hydrogens (primary N) is 1. The number of aromatic nitrogens is 2. The van der Waals surface area contributed by atoms with Gasteiger partial charge in [-0.25, -0.2) is 13.5 Å². The van der Waals surface area contributed by atoms with Gasteiger partial charge in [-0.3, -0.25) is 0 Å². The first-order chi connectivity index (χ1) is 9.62. The number of hydrogen-bond acceptors (Lipinski definition) is 2. The molecule has 0 fully saturated rings. The van der Waals surface area contributed by atoms with Crippen LogP contribution in [0.1, 0.15) is 30.8 Å². The lowest BCUT2D eigenvalue weighted by Crippen LogP contribution is -2.08. The third-order valence-corrected chi connectivity index (χ3v) is 3.38. The topological polar surface area (TPSA) is 43.8 Å². The predicted octanol–water partition coefficient (Wildman–Crippen LogP) is 2.78. The minimum Gasteiger partial charge on any atom is -0.330 e. The second-order valence-corrected chi connectivity index (χ2v) is 4.63. The van der Waals surface area contributed by atoms with Gasteiger partial charge in [-0.05, 0) is 43.5 Å². The molecule has 20 heavy (non-hydrogen) atoms. The molecule has 1 aromatic carbocycles. The lowest BCUT2D eigenvalue weighted by Gasteiger charge is -2.08. The largest absolute Gasteiger partial charge is 0.330 e. The molecular formula is C15H19F2N3. The van der Waals surface area contributed by atoms with Gasteiger partial charge < -0.3 is 5.73 Å². The molecule has 108 valence electrons. The molecule has 0 saturated heterocycles. The van der Waals surface area contributed by atoms with Crippen molar-refractivity contribution in [3.63, 3.8) is 0 Å². The van der Waals surface area contributed by atoms with Crippen LogP contribution in [0.4, 0.5) is 8.78 Å². The molecule has 2 rings (SSSR count). The van der Waals surface area contributed by atoms with Crippen molar-refractivity contribution in [3.8, 4) is 5.69 Å². The molecule has 0 atom stereocenters. The van der Waals surface area contributed by atoms with Gasteiger partial charge in [-0.2, -0.15) is 5.10 Å². The van der Waals surface area contributed by atoms with Crippen LogP contribution in [0.5, 0.6) is 0 Å². The van der Waals surface area contributed by atoms with E-state index in [-0.39, 0.29) is 5.69 Å². The van der Waals surface area contributed by atoms with Gasteiger partial charge in [-0.15, -0.1) is 0 Å². The Labute approximate surface area is 117 Å². The Balaban J connectivity index is 2.61. The minimum atomic E-state index is -0.607. The van der Waals surface area contributed by atoms with Crippen LogP contribution >= 0.6 is 0 Å². The number of halogens is 2. The van der Waals surface area contributed by atoms with Crippen LogP contribution in [0, 0.1) is 11.6 Å². The fourth-order valence-corrected chi connectivity index (χ4v) is 2.47. The monoisotopic (exact) mass is 279 g/mol. The fourth-order valence-electron chi connectivity index (χ4n) is 2.47. The second-order valence-electron chi connectivity index (χ2n) is 4.63. The molecule has 0 amide bonds. The van der Waals surface area contributed by atoms with E-state index in [0.717, 1.165) is 42.3 Å². The lowest BCUT2D eigenvalue weighted by molar-refractivity contribution is 0.571. The SMILES string of the molecule is CCc1nn(-c2ccc(F)cc2F)c(CC)c1CCN. The summed E-state index contributed by atoms with van der Waals surface area (Å²) in [6.45, 7) is 4.53. The Bertz CT molecular complexity index is 605. The van der Waals surface area contributed by atoms with E-state index in [1.54, 1.807) is 4.68 Å². The Kier molecular flexibility index (Phi) is 4.49. The van der Waals surface area contributed by atoms with E-state index in [2.05, 4.69) is 5.10 Å². The Morgan fingerprint density at radius 3 is 2.50 bits per heavy atom. The zero-order valence-electron chi connectivity index (χ0n) is 11.8. The minimum absolute atomic E-state index is 0.279. The average molecular weight is 279 g/mol. The fraction of sp³-hybridized carbons (Fsp3) is 0.400. The van der Waals surface area contributed by atoms with Gasteiger partial charge in [0.15, 0.2) is 5.82 Å². The summed E-state index contributed by atoms with van der Waals surface area (Å²) in [6, 6.07) is 3.54. The molecule has 3 nitrogen and oxygen atoms in total. The zero-order chi connectivity index (χ0) is 14.7. The second kappa shape index (κ2) is 6.13. The molecule has 0 unspecified atom stereocenters. The molecule has 0 radical (unpaired) electrons. The summed E-state index contributed by atoms with van der Waals surface area (Å²) in [6.07, 6.45) is 2.20. The summed E-state index contributed by atoms with van der Waals surface area (Å²) in [7, 11) is 0. The Morgan fingerprint density at radius 1 is 1.20 bits per heavy atom. The van der Waals surface area contributed by atoms with Crippen LogP contribution < -0.4 is 5.73 Å². The number of hydrogen-bond donors (Lipinski definition) is 1. The van der Waals surface area contributed by atoms with E-state index in [9.17, 15) is 8.78 Å². The van der Waals surface area contributed by atoms with E-state index in [4.69, 9.17) is 5.73 Å². The van der Waals surface area contributed by atoms with Gasteiger partial charge in [0.2, 0.25) is 0 Å². The molecule has 0 saturated carbocycles. The molecule has 0 spiro atoms. The molecule has 1 aromatic heterocycles. The van der Waals surface area contributed by atoms with Crippen LogP contribution in [-0.2, 0) is 19.3 Å². The summed E-state index contributed by atoms with van der Waals surface area (Å²) in [5.41, 5.74) is 8.88. The summed E-state index contributed by atoms with van der Waals surface area (Å²) in [5.74, 6) is -1.20. The van der Waals surface area contributed by atoms with E-state index >= 15 is 0 Å². The summed E-state index contributed by atoms with van der Waals surface area (Å²) in [5, 5.41) is 4.48. The van der Waals surface area contributed by atoms with E-state index < -0.39 is 11.6 Å². The third-order valence-electron chi connectivity index (χ3n) is 3.38. The molecule has 0 bridgehead atoms. The molecule has 2 aromatic rings. The van der Waals surface area contributed by atoms with Gasteiger partial charge in [0, 0.05) is 11.8 Å². The average Bonchev–Trinajstić information content (AvgIpc) is 2.77. The predicted molar refractivity (Wildman–Crippen MR) is 75.0 cm³/mol. The summed E-state index contributed by atoms with van der Waals surface area (Å²) in [4.78, 5) is 0. The number of rotatable bonds is 5. The smallest absolute Gasteiger partial charge is 0.151 e. The van der Waals surface area contributed by atoms with Crippen molar-refractivity contribution >= 4 is 0 Å². The Hall–Kier alpha value is -1.75. The van der Waals surface area contributed by atoms with E-state index in [1.807, 2.05) is 13.8 Å². The number of aryl methyl sites for hydroxylation is 1. The maximum Gasteiger partial charge on any atom is 0.151 e. The van der Waals surface area contributed by atoms with Crippen molar-refractivity contribution in [3.05, 3.63) is 46.8 Å². The zero-order valence-corrected chi connectivity index (χ0v) is 11.8. The third kappa shape index (κ3) is 2.58. The first-order valence-corrected chi connectivity index (χ1v) is 6.87. The van der Waals surface area contributed by atoms with Crippen molar-refractivity contribution < 1.29 is 8.78 Å². The number of benzene rings is 1. The highest BCUT2D eigenvalue weighted by Crippen LogP contribution is 2.23. The van der Waals surface area contributed by atoms with Gasteiger partial charge in [0.25, 0.3) is 0 Å². The van der Waals surface area contributed by atoms with Crippen molar-refractivity contribution in [1.82, 2.24) is 9.78 Å². The van der Waals surface area contributed by atoms with E-state index in [0.29, 0.717) is 6.54 Å². The highest BCUT2D eigenvalue weighted by molar-refractivity contribution is 5.39. The number of nitrogens with zero attached hydrogens (tertiary/aromatic N) is 2. The normalized spacial score (nSPS) is 11.1. The summed E-state index contributed by atoms with van der Waals surface area (Å²) < 4.78 is 28.6. The highest BCUT2D eigenvalue weighted by atomic mass is 19.1. The lowest BCUT2D eigenvalue weighted by atomic mass is 10.1. The van der Waals surface area contributed by atoms with Crippen LogP contribution in [0.25, 0.3) is 5.69 Å². The van der Waals surface area contributed by atoms with Crippen molar-refractivity contribution in [2.24, 2.45) is 5.73 Å². The standard InChI is InChI=1S/C15H19F2N3/c1-3-13-11(7-8-18)14(4-2)20(19-13)15-6-5-10(16)9-12(15)17/h5-6,9H,3-4,7-8,18H2,1-2H3. The molecule has 0 aliphatic carbocycles. The van der Waals surface area contributed by atoms with Crippen LogP contribution in [-0.4, -0.2) is 16.3 Å². The van der Waals surface area contributed by atoms with Gasteiger partial charge in [0.05, 0.1) is 5.69 Å². The van der Waals surface area contributed by atoms with Crippen LogP contribution in [0.15, 0.2) is 18.2 Å². The van der Waals surface area contributed by atoms with Crippen molar-refractivity contribution in [2.45, 2.75) is 33.1 Å². The molecule has 5 heteroatoms. The van der Waals surface area contributed by atoms with Gasteiger partial charge in [-0.1, -0.05) is 13.8 Å². The highest BCUT2D eigenvalue weighted by Gasteiger charge is 2.18. The maximum absolute atomic E-state index is 14.0. The van der Waals surface area contributed by atoms with Crippen molar-refractivity contribution in [2.75, 3.05) is 6.54 Å². The first kappa shape index (κ1) is 14.7. The molecule has 0 aliphatic rings. The molecule has 2 N–H and O–H groups in total. The van der Waals surface area contributed by atoms with Gasteiger partial charge >= 0.3 is 0 Å². The van der Waals surface area contributed by atoms with Crippen LogP contribution in [0.2, 0.25) is 0 Å². The molecule has 0 aliphatic heterocycles. The van der Waals surface area contributed by atoms with E-state index in [1.165, 1.54) is 12.1 Å².